The molecule has 0 spiro atoms. The van der Waals surface area contributed by atoms with Crippen LogP contribution in [0.15, 0.2) is 65.8 Å². The smallest absolute Gasteiger partial charge is 0.232 e. The number of sulfone groups is 1. The highest BCUT2D eigenvalue weighted by atomic mass is 32.2. The third-order valence-electron chi connectivity index (χ3n) is 6.98. The molecule has 0 radical (unpaired) electrons. The number of aromatic nitrogens is 3. The number of carbonyl (C=O) groups is 1. The Kier molecular flexibility index (Phi) is 6.19. The zero-order valence-electron chi connectivity index (χ0n) is 21.1. The van der Waals surface area contributed by atoms with Crippen LogP contribution >= 0.6 is 0 Å². The Morgan fingerprint density at radius 1 is 1.03 bits per heavy atom. The van der Waals surface area contributed by atoms with Gasteiger partial charge in [-0.2, -0.15) is 0 Å². The minimum absolute atomic E-state index is 0.0931. The van der Waals surface area contributed by atoms with Crippen molar-refractivity contribution in [1.82, 2.24) is 15.0 Å². The van der Waals surface area contributed by atoms with Gasteiger partial charge >= 0.3 is 0 Å². The highest BCUT2D eigenvalue weighted by Gasteiger charge is 2.63. The van der Waals surface area contributed by atoms with Crippen molar-refractivity contribution >= 4 is 26.5 Å². The first-order valence-corrected chi connectivity index (χ1v) is 13.5. The fourth-order valence-corrected chi connectivity index (χ4v) is 6.61. The average Bonchev–Trinajstić information content (AvgIpc) is 3.65. The van der Waals surface area contributed by atoms with E-state index in [1.165, 1.54) is 26.5 Å². The number of carbonyl (C=O) groups excluding carboxylic acids is 1. The predicted octanol–water partition coefficient (Wildman–Crippen LogP) is 4.13. The second-order valence-electron chi connectivity index (χ2n) is 9.38. The minimum Gasteiger partial charge on any atom is -0.496 e. The van der Waals surface area contributed by atoms with Crippen LogP contribution in [-0.4, -0.2) is 49.1 Å². The quantitative estimate of drug-likeness (QED) is 0.343. The van der Waals surface area contributed by atoms with Gasteiger partial charge in [0.1, 0.15) is 11.5 Å². The number of benzene rings is 2. The summed E-state index contributed by atoms with van der Waals surface area (Å²) in [6.45, 7) is 3.77. The molecule has 0 unspecified atom stereocenters. The van der Waals surface area contributed by atoms with E-state index < -0.39 is 26.8 Å². The summed E-state index contributed by atoms with van der Waals surface area (Å²) < 4.78 is 38.2. The van der Waals surface area contributed by atoms with Gasteiger partial charge in [0.05, 0.1) is 41.9 Å². The molecule has 0 amide bonds. The molecule has 1 saturated carbocycles. The van der Waals surface area contributed by atoms with Gasteiger partial charge in [-0.15, -0.1) is 0 Å². The van der Waals surface area contributed by atoms with Crippen LogP contribution in [0, 0.1) is 13.8 Å². The average molecular weight is 518 g/mol. The lowest BCUT2D eigenvalue weighted by Crippen LogP contribution is -2.30. The Bertz CT molecular complexity index is 1640. The molecule has 37 heavy (non-hydrogen) atoms. The first-order valence-electron chi connectivity index (χ1n) is 11.8. The third-order valence-corrected chi connectivity index (χ3v) is 8.65. The number of fused-ring (bicyclic) bond motifs is 1. The van der Waals surface area contributed by atoms with Crippen LogP contribution in [0.25, 0.3) is 10.9 Å². The third kappa shape index (κ3) is 4.33. The van der Waals surface area contributed by atoms with E-state index in [-0.39, 0.29) is 10.8 Å². The van der Waals surface area contributed by atoms with Crippen molar-refractivity contribution < 1.29 is 22.7 Å². The number of ether oxygens (including phenoxy) is 2. The summed E-state index contributed by atoms with van der Waals surface area (Å²) in [5.74, 6) is -0.591. The molecular formula is C28H27N3O5S. The molecular weight excluding hydrogens is 490 g/mol. The molecule has 0 bridgehead atoms. The van der Waals surface area contributed by atoms with Gasteiger partial charge in [0.2, 0.25) is 5.88 Å². The fraction of sp³-hybridized carbons (Fsp3) is 0.286. The highest BCUT2D eigenvalue weighted by Crippen LogP contribution is 2.62. The van der Waals surface area contributed by atoms with Gasteiger partial charge in [0.25, 0.3) is 0 Å². The Morgan fingerprint density at radius 3 is 2.59 bits per heavy atom. The van der Waals surface area contributed by atoms with E-state index in [2.05, 4.69) is 15.0 Å². The molecule has 1 aliphatic rings. The van der Waals surface area contributed by atoms with Crippen molar-refractivity contribution in [3.8, 4) is 11.6 Å². The molecule has 4 aromatic rings. The molecule has 8 nitrogen and oxygen atoms in total. The van der Waals surface area contributed by atoms with Crippen molar-refractivity contribution in [2.45, 2.75) is 36.5 Å². The van der Waals surface area contributed by atoms with Gasteiger partial charge in [-0.1, -0.05) is 23.8 Å². The molecule has 2 aromatic heterocycles. The Hall–Kier alpha value is -3.85. The van der Waals surface area contributed by atoms with E-state index >= 15 is 0 Å². The van der Waals surface area contributed by atoms with Crippen molar-refractivity contribution in [2.75, 3.05) is 20.0 Å². The Morgan fingerprint density at radius 2 is 1.84 bits per heavy atom. The normalized spacial score (nSPS) is 19.0. The second-order valence-corrected chi connectivity index (χ2v) is 11.3. The summed E-state index contributed by atoms with van der Waals surface area (Å²) in [5, 5.41) is 0.495. The van der Waals surface area contributed by atoms with Crippen molar-refractivity contribution in [1.29, 1.82) is 0 Å². The molecule has 0 aliphatic heterocycles. The lowest BCUT2D eigenvalue weighted by molar-refractivity contribution is -0.119. The molecule has 0 saturated heterocycles. The SMILES string of the molecule is COc1cncc([C@H]2C[C@@]2(C(=O)CS(=O)(=O)c2cccc3nc(C)ccc23)c2cc(C)ccc2OC)n1. The van der Waals surface area contributed by atoms with E-state index in [9.17, 15) is 13.2 Å². The van der Waals surface area contributed by atoms with Gasteiger partial charge in [-0.25, -0.2) is 13.4 Å². The maximum atomic E-state index is 14.1. The molecule has 0 N–H and O–H groups in total. The monoisotopic (exact) mass is 517 g/mol. The lowest BCUT2D eigenvalue weighted by atomic mass is 9.87. The molecule has 1 fully saturated rings. The molecule has 2 heterocycles. The van der Waals surface area contributed by atoms with Crippen LogP contribution in [0.4, 0.5) is 0 Å². The van der Waals surface area contributed by atoms with Crippen molar-refractivity contribution in [2.24, 2.45) is 0 Å². The van der Waals surface area contributed by atoms with Gasteiger partial charge in [0, 0.05) is 28.8 Å². The number of Topliss-reactive ketones (excluding diaryl/α,β-unsaturated/α-hetero) is 1. The second kappa shape index (κ2) is 9.23. The van der Waals surface area contributed by atoms with E-state index in [1.54, 1.807) is 36.5 Å². The molecule has 2 aromatic carbocycles. The molecule has 2 atom stereocenters. The van der Waals surface area contributed by atoms with Crippen molar-refractivity contribution in [3.05, 3.63) is 83.4 Å². The number of aryl methyl sites for hydroxylation is 2. The van der Waals surface area contributed by atoms with Crippen LogP contribution in [0.3, 0.4) is 0 Å². The number of rotatable bonds is 8. The summed E-state index contributed by atoms with van der Waals surface area (Å²) >= 11 is 0. The van der Waals surface area contributed by atoms with Crippen LogP contribution in [0.2, 0.25) is 0 Å². The van der Waals surface area contributed by atoms with Gasteiger partial charge in [-0.3, -0.25) is 14.8 Å². The largest absolute Gasteiger partial charge is 0.496 e. The molecule has 5 rings (SSSR count). The predicted molar refractivity (Wildman–Crippen MR) is 139 cm³/mol. The van der Waals surface area contributed by atoms with Gasteiger partial charge < -0.3 is 9.47 Å². The summed E-state index contributed by atoms with van der Waals surface area (Å²) in [4.78, 5) is 27.3. The summed E-state index contributed by atoms with van der Waals surface area (Å²) in [7, 11) is -0.955. The number of pyridine rings is 1. The summed E-state index contributed by atoms with van der Waals surface area (Å²) in [6, 6.07) is 14.0. The zero-order valence-corrected chi connectivity index (χ0v) is 21.9. The van der Waals surface area contributed by atoms with E-state index in [1.807, 2.05) is 26.0 Å². The number of hydrogen-bond acceptors (Lipinski definition) is 8. The molecule has 1 aliphatic carbocycles. The van der Waals surface area contributed by atoms with Gasteiger partial charge in [0.15, 0.2) is 15.6 Å². The Balaban J connectivity index is 1.60. The zero-order chi connectivity index (χ0) is 26.4. The van der Waals surface area contributed by atoms with Crippen molar-refractivity contribution in [3.63, 3.8) is 0 Å². The first kappa shape index (κ1) is 24.8. The van der Waals surface area contributed by atoms with E-state index in [4.69, 9.17) is 9.47 Å². The highest BCUT2D eigenvalue weighted by molar-refractivity contribution is 7.92. The number of methoxy groups -OCH3 is 2. The first-order chi connectivity index (χ1) is 17.7. The maximum Gasteiger partial charge on any atom is 0.232 e. The number of ketones is 1. The topological polar surface area (TPSA) is 108 Å². The maximum absolute atomic E-state index is 14.1. The van der Waals surface area contributed by atoms with E-state index in [0.29, 0.717) is 40.2 Å². The number of nitrogens with zero attached hydrogens (tertiary/aromatic N) is 3. The number of hydrogen-bond donors (Lipinski definition) is 0. The summed E-state index contributed by atoms with van der Waals surface area (Å²) in [6.07, 6.45) is 3.47. The van der Waals surface area contributed by atoms with E-state index in [0.717, 1.165) is 11.3 Å². The van der Waals surface area contributed by atoms with Crippen LogP contribution in [0.5, 0.6) is 11.6 Å². The Labute approximate surface area is 215 Å². The van der Waals surface area contributed by atoms with Gasteiger partial charge in [-0.05, 0) is 50.6 Å². The fourth-order valence-electron chi connectivity index (χ4n) is 5.05. The molecule has 9 heteroatoms. The standard InChI is InChI=1S/C28H27N3O5S/c1-17-8-11-24(35-3)20(12-17)28(13-21(28)23-14-29-15-27(31-23)36-4)26(32)16-37(33,34)25-7-5-6-22-19(25)10-9-18(2)30-22/h5-12,14-15,21H,13,16H2,1-4H3/t21-,28-/m1/s1. The molecule has 190 valence electrons. The van der Waals surface area contributed by atoms with Crippen LogP contribution < -0.4 is 9.47 Å². The lowest BCUT2D eigenvalue weighted by Gasteiger charge is -2.21. The minimum atomic E-state index is -3.99. The van der Waals surface area contributed by atoms with Crippen LogP contribution in [-0.2, 0) is 20.0 Å². The van der Waals surface area contributed by atoms with Crippen LogP contribution in [0.1, 0.15) is 34.9 Å². The summed E-state index contributed by atoms with van der Waals surface area (Å²) in [5.41, 5.74) is 2.39.